The second-order valence-corrected chi connectivity index (χ2v) is 1.81. The van der Waals surface area contributed by atoms with Crippen molar-refractivity contribution < 1.29 is 0 Å². The first-order chi connectivity index (χ1) is 4.43. The molecule has 0 aromatic heterocycles. The Balaban J connectivity index is 2.58. The van der Waals surface area contributed by atoms with Crippen LogP contribution in [0.5, 0.6) is 0 Å². The first-order valence-corrected chi connectivity index (χ1v) is 3.13. The molecule has 1 rings (SSSR count). The molecule has 9 heavy (non-hydrogen) atoms. The van der Waals surface area contributed by atoms with E-state index in [-0.39, 0.29) is 0 Å². The molecule has 0 saturated heterocycles. The van der Waals surface area contributed by atoms with Crippen LogP contribution in [0.1, 0.15) is 6.92 Å². The second kappa shape index (κ2) is 3.13. The average Bonchev–Trinajstić information content (AvgIpc) is 2.13. The Morgan fingerprint density at radius 3 is 3.00 bits per heavy atom. The van der Waals surface area contributed by atoms with Crippen molar-refractivity contribution in [2.75, 3.05) is 6.54 Å². The van der Waals surface area contributed by atoms with E-state index in [0.717, 1.165) is 6.54 Å². The zero-order valence-corrected chi connectivity index (χ0v) is 5.54. The van der Waals surface area contributed by atoms with Gasteiger partial charge in [0, 0.05) is 12.7 Å². The summed E-state index contributed by atoms with van der Waals surface area (Å²) in [5.74, 6) is 0. The van der Waals surface area contributed by atoms with Crippen molar-refractivity contribution in [2.24, 2.45) is 0 Å². The predicted molar refractivity (Wildman–Crippen MR) is 38.5 cm³/mol. The molecule has 1 heterocycles. The number of allylic oxidation sites excluding steroid dienone is 4. The fourth-order valence-electron chi connectivity index (χ4n) is 0.652. The Bertz CT molecular complexity index is 138. The lowest BCUT2D eigenvalue weighted by molar-refractivity contribution is 0.515. The van der Waals surface area contributed by atoms with Crippen LogP contribution in [0.2, 0.25) is 0 Å². The molecular formula is C8H10N. The van der Waals surface area contributed by atoms with Crippen LogP contribution in [0.4, 0.5) is 0 Å². The number of nitrogens with zero attached hydrogens (tertiary/aromatic N) is 1. The highest BCUT2D eigenvalue weighted by atomic mass is 15.1. The highest BCUT2D eigenvalue weighted by molar-refractivity contribution is 5.12. The van der Waals surface area contributed by atoms with Gasteiger partial charge in [-0.05, 0) is 19.1 Å². The van der Waals surface area contributed by atoms with Gasteiger partial charge in [0.1, 0.15) is 0 Å². The minimum atomic E-state index is 0.981. The van der Waals surface area contributed by atoms with Crippen LogP contribution in [0.3, 0.4) is 0 Å². The molecule has 0 spiro atoms. The minimum Gasteiger partial charge on any atom is -0.347 e. The standard InChI is InChI=1S/C8H10N/c1-2-9-7-5-3-4-6-8-9/h3-7H,2H2,1H3. The molecule has 0 atom stereocenters. The zero-order valence-electron chi connectivity index (χ0n) is 5.54. The van der Waals surface area contributed by atoms with E-state index in [1.54, 1.807) is 0 Å². The van der Waals surface area contributed by atoms with Crippen molar-refractivity contribution in [3.63, 3.8) is 0 Å². The lowest BCUT2D eigenvalue weighted by Crippen LogP contribution is -2.07. The van der Waals surface area contributed by atoms with Crippen molar-refractivity contribution in [1.82, 2.24) is 4.90 Å². The van der Waals surface area contributed by atoms with Crippen LogP contribution in [0.25, 0.3) is 0 Å². The van der Waals surface area contributed by atoms with Crippen LogP contribution >= 0.6 is 0 Å². The Morgan fingerprint density at radius 2 is 2.22 bits per heavy atom. The van der Waals surface area contributed by atoms with Gasteiger partial charge in [0.05, 0.1) is 6.20 Å². The Labute approximate surface area is 56.0 Å². The summed E-state index contributed by atoms with van der Waals surface area (Å²) in [6.07, 6.45) is 12.9. The minimum absolute atomic E-state index is 0.981. The van der Waals surface area contributed by atoms with Gasteiger partial charge in [-0.1, -0.05) is 12.2 Å². The van der Waals surface area contributed by atoms with E-state index in [9.17, 15) is 0 Å². The van der Waals surface area contributed by atoms with E-state index >= 15 is 0 Å². The van der Waals surface area contributed by atoms with E-state index in [4.69, 9.17) is 0 Å². The lowest BCUT2D eigenvalue weighted by Gasteiger charge is -2.07. The molecule has 0 saturated carbocycles. The van der Waals surface area contributed by atoms with Crippen molar-refractivity contribution in [2.45, 2.75) is 6.92 Å². The second-order valence-electron chi connectivity index (χ2n) is 1.81. The van der Waals surface area contributed by atoms with Gasteiger partial charge in [0.2, 0.25) is 0 Å². The molecule has 0 bridgehead atoms. The highest BCUT2D eigenvalue weighted by Gasteiger charge is 1.87. The van der Waals surface area contributed by atoms with Crippen molar-refractivity contribution >= 4 is 0 Å². The number of hydrogen-bond donors (Lipinski definition) is 0. The molecule has 0 fully saturated rings. The van der Waals surface area contributed by atoms with E-state index in [0.29, 0.717) is 0 Å². The number of hydrogen-bond acceptors (Lipinski definition) is 1. The van der Waals surface area contributed by atoms with Crippen LogP contribution in [-0.4, -0.2) is 11.4 Å². The summed E-state index contributed by atoms with van der Waals surface area (Å²) in [4.78, 5) is 2.00. The molecule has 1 aliphatic rings. The Morgan fingerprint density at radius 1 is 1.33 bits per heavy atom. The summed E-state index contributed by atoms with van der Waals surface area (Å²) < 4.78 is 0. The van der Waals surface area contributed by atoms with Gasteiger partial charge >= 0.3 is 0 Å². The van der Waals surface area contributed by atoms with Gasteiger partial charge in [-0.2, -0.15) is 0 Å². The van der Waals surface area contributed by atoms with Crippen LogP contribution < -0.4 is 0 Å². The summed E-state index contributed by atoms with van der Waals surface area (Å²) >= 11 is 0. The highest BCUT2D eigenvalue weighted by Crippen LogP contribution is 1.94. The first kappa shape index (κ1) is 6.14. The molecule has 1 nitrogen and oxygen atoms in total. The average molecular weight is 120 g/mol. The van der Waals surface area contributed by atoms with E-state index in [1.165, 1.54) is 0 Å². The summed E-state index contributed by atoms with van der Waals surface area (Å²) in [6.45, 7) is 3.07. The Hall–Kier alpha value is -0.980. The van der Waals surface area contributed by atoms with E-state index in [2.05, 4.69) is 13.1 Å². The molecule has 1 aliphatic heterocycles. The third-order valence-corrected chi connectivity index (χ3v) is 1.17. The van der Waals surface area contributed by atoms with Gasteiger partial charge in [-0.15, -0.1) is 0 Å². The maximum absolute atomic E-state index is 3.07. The number of rotatable bonds is 1. The Kier molecular flexibility index (Phi) is 2.13. The first-order valence-electron chi connectivity index (χ1n) is 3.13. The predicted octanol–water partition coefficient (Wildman–Crippen LogP) is 1.71. The molecule has 0 amide bonds. The fraction of sp³-hybridized carbons (Fsp3) is 0.250. The zero-order chi connectivity index (χ0) is 6.53. The third kappa shape index (κ3) is 1.76. The third-order valence-electron chi connectivity index (χ3n) is 1.17. The topological polar surface area (TPSA) is 3.24 Å². The molecule has 0 aromatic carbocycles. The summed E-state index contributed by atoms with van der Waals surface area (Å²) in [6, 6.07) is 0. The molecular weight excluding hydrogens is 110 g/mol. The quantitative estimate of drug-likeness (QED) is 0.509. The maximum Gasteiger partial charge on any atom is 0.0647 e. The summed E-state index contributed by atoms with van der Waals surface area (Å²) in [5, 5.41) is 0. The summed E-state index contributed by atoms with van der Waals surface area (Å²) in [7, 11) is 0. The van der Waals surface area contributed by atoms with Gasteiger partial charge in [0.15, 0.2) is 0 Å². The van der Waals surface area contributed by atoms with Crippen LogP contribution in [-0.2, 0) is 0 Å². The molecule has 0 unspecified atom stereocenters. The van der Waals surface area contributed by atoms with Crippen molar-refractivity contribution in [1.29, 1.82) is 0 Å². The van der Waals surface area contributed by atoms with Crippen molar-refractivity contribution in [3.8, 4) is 0 Å². The van der Waals surface area contributed by atoms with Crippen LogP contribution in [0.15, 0.2) is 30.5 Å². The van der Waals surface area contributed by atoms with E-state index < -0.39 is 0 Å². The van der Waals surface area contributed by atoms with Gasteiger partial charge in [0.25, 0.3) is 0 Å². The largest absolute Gasteiger partial charge is 0.347 e. The molecule has 1 radical (unpaired) electrons. The fourth-order valence-corrected chi connectivity index (χ4v) is 0.652. The summed E-state index contributed by atoms with van der Waals surface area (Å²) in [5.41, 5.74) is 0. The van der Waals surface area contributed by atoms with Gasteiger partial charge in [-0.25, -0.2) is 0 Å². The normalized spacial score (nSPS) is 16.3. The molecule has 47 valence electrons. The molecule has 0 aliphatic carbocycles. The monoisotopic (exact) mass is 120 g/mol. The van der Waals surface area contributed by atoms with Crippen molar-refractivity contribution in [3.05, 3.63) is 36.7 Å². The van der Waals surface area contributed by atoms with Crippen LogP contribution in [0, 0.1) is 6.20 Å². The maximum atomic E-state index is 3.07. The SMILES string of the molecule is CCN1[C]=CC=CC=C1. The smallest absolute Gasteiger partial charge is 0.0647 e. The lowest BCUT2D eigenvalue weighted by atomic mass is 10.5. The molecule has 0 N–H and O–H groups in total. The van der Waals surface area contributed by atoms with Gasteiger partial charge in [-0.3, -0.25) is 0 Å². The molecule has 1 heteroatoms. The van der Waals surface area contributed by atoms with E-state index in [1.807, 2.05) is 35.4 Å². The van der Waals surface area contributed by atoms with Gasteiger partial charge < -0.3 is 4.90 Å². The molecule has 0 aromatic rings.